The molecule has 158 valence electrons. The number of carbonyl (C=O) groups excluding carboxylic acids is 3. The topological polar surface area (TPSA) is 100 Å². The molecule has 0 bridgehead atoms. The highest BCUT2D eigenvalue weighted by Gasteiger charge is 2.06. The van der Waals surface area contributed by atoms with Gasteiger partial charge in [0.2, 0.25) is 5.91 Å². The summed E-state index contributed by atoms with van der Waals surface area (Å²) in [5.74, 6) is 0.0826. The molecule has 0 saturated carbocycles. The zero-order valence-corrected chi connectivity index (χ0v) is 16.9. The Balaban J connectivity index is 3.28. The molecule has 0 saturated heterocycles. The van der Waals surface area contributed by atoms with E-state index in [2.05, 4.69) is 5.32 Å². The second-order valence-electron chi connectivity index (χ2n) is 6.30. The molecule has 0 aliphatic rings. The molecule has 8 heteroatoms. The van der Waals surface area contributed by atoms with Crippen molar-refractivity contribution in [2.75, 3.05) is 59.4 Å². The predicted molar refractivity (Wildman–Crippen MR) is 101 cm³/mol. The maximum atomic E-state index is 11.6. The van der Waals surface area contributed by atoms with Crippen molar-refractivity contribution >= 4 is 17.5 Å². The minimum atomic E-state index is -0.0146. The van der Waals surface area contributed by atoms with Crippen LogP contribution >= 0.6 is 0 Å². The van der Waals surface area contributed by atoms with E-state index in [1.54, 1.807) is 6.92 Å². The third-order valence-electron chi connectivity index (χ3n) is 3.53. The van der Waals surface area contributed by atoms with Crippen LogP contribution in [0.1, 0.15) is 40.0 Å². The van der Waals surface area contributed by atoms with Gasteiger partial charge in [-0.1, -0.05) is 20.8 Å². The van der Waals surface area contributed by atoms with Crippen LogP contribution in [0.4, 0.5) is 0 Å². The van der Waals surface area contributed by atoms with Crippen molar-refractivity contribution in [1.29, 1.82) is 0 Å². The standard InChI is InChI=1S/C19H35NO7/c1-4-19(23)20-7-9-25-11-12-26-14-17(21)6-5-8-24-10-13-27-15-18(22)16(2)3/h16H,4-15H2,1-3H3,(H,20,23). The molecule has 0 spiro atoms. The monoisotopic (exact) mass is 389 g/mol. The Labute approximate surface area is 162 Å². The van der Waals surface area contributed by atoms with E-state index in [0.29, 0.717) is 65.4 Å². The van der Waals surface area contributed by atoms with Gasteiger partial charge in [0, 0.05) is 31.9 Å². The number of hydrogen-bond acceptors (Lipinski definition) is 7. The lowest BCUT2D eigenvalue weighted by molar-refractivity contribution is -0.127. The van der Waals surface area contributed by atoms with Gasteiger partial charge in [-0.15, -0.1) is 0 Å². The summed E-state index contributed by atoms with van der Waals surface area (Å²) in [5.41, 5.74) is 0. The Hall–Kier alpha value is -1.35. The molecule has 0 unspecified atom stereocenters. The van der Waals surface area contributed by atoms with E-state index < -0.39 is 0 Å². The van der Waals surface area contributed by atoms with Gasteiger partial charge in [0.25, 0.3) is 0 Å². The van der Waals surface area contributed by atoms with Gasteiger partial charge in [0.05, 0.1) is 33.0 Å². The second-order valence-corrected chi connectivity index (χ2v) is 6.30. The van der Waals surface area contributed by atoms with Crippen LogP contribution in [0, 0.1) is 5.92 Å². The summed E-state index contributed by atoms with van der Waals surface area (Å²) in [6.07, 6.45) is 1.49. The second kappa shape index (κ2) is 18.0. The Morgan fingerprint density at radius 2 is 1.41 bits per heavy atom. The van der Waals surface area contributed by atoms with E-state index in [1.807, 2.05) is 13.8 Å². The molecular weight excluding hydrogens is 354 g/mol. The van der Waals surface area contributed by atoms with Gasteiger partial charge in [0.1, 0.15) is 13.2 Å². The molecule has 0 aromatic rings. The highest BCUT2D eigenvalue weighted by Crippen LogP contribution is 1.96. The molecule has 0 aromatic carbocycles. The first-order chi connectivity index (χ1) is 13.0. The zero-order valence-electron chi connectivity index (χ0n) is 16.9. The number of ketones is 2. The molecule has 0 aliphatic carbocycles. The summed E-state index contributed by atoms with van der Waals surface area (Å²) in [5, 5.41) is 2.70. The predicted octanol–water partition coefficient (Wildman–Crippen LogP) is 1.15. The normalized spacial score (nSPS) is 11.0. The fraction of sp³-hybridized carbons (Fsp3) is 0.842. The molecular formula is C19H35NO7. The highest BCUT2D eigenvalue weighted by molar-refractivity contribution is 5.81. The minimum absolute atomic E-state index is 0.00168. The lowest BCUT2D eigenvalue weighted by atomic mass is 10.1. The van der Waals surface area contributed by atoms with Gasteiger partial charge in [-0.3, -0.25) is 14.4 Å². The number of rotatable bonds is 19. The summed E-state index contributed by atoms with van der Waals surface area (Å²) in [6, 6.07) is 0. The lowest BCUT2D eigenvalue weighted by Crippen LogP contribution is -2.26. The van der Waals surface area contributed by atoms with Gasteiger partial charge in [-0.05, 0) is 6.42 Å². The summed E-state index contributed by atoms with van der Waals surface area (Å²) in [7, 11) is 0. The van der Waals surface area contributed by atoms with Crippen molar-refractivity contribution in [2.24, 2.45) is 5.92 Å². The number of nitrogens with one attached hydrogen (secondary N) is 1. The number of ether oxygens (including phenoxy) is 4. The Morgan fingerprint density at radius 1 is 0.815 bits per heavy atom. The van der Waals surface area contributed by atoms with Gasteiger partial charge < -0.3 is 24.3 Å². The summed E-state index contributed by atoms with van der Waals surface area (Å²) in [6.45, 7) is 8.54. The molecule has 0 aliphatic heterocycles. The molecule has 0 rings (SSSR count). The van der Waals surface area contributed by atoms with Gasteiger partial charge in [-0.25, -0.2) is 0 Å². The number of Topliss-reactive ketones (excluding diaryl/α,β-unsaturated/α-hetero) is 2. The van der Waals surface area contributed by atoms with E-state index in [4.69, 9.17) is 18.9 Å². The van der Waals surface area contributed by atoms with E-state index in [0.717, 1.165) is 0 Å². The maximum Gasteiger partial charge on any atom is 0.219 e. The molecule has 1 N–H and O–H groups in total. The molecule has 27 heavy (non-hydrogen) atoms. The average Bonchev–Trinajstić information content (AvgIpc) is 2.65. The van der Waals surface area contributed by atoms with E-state index in [-0.39, 0.29) is 36.6 Å². The molecule has 0 heterocycles. The van der Waals surface area contributed by atoms with Crippen molar-refractivity contribution in [2.45, 2.75) is 40.0 Å². The van der Waals surface area contributed by atoms with Crippen LogP contribution in [0.3, 0.4) is 0 Å². The molecule has 8 nitrogen and oxygen atoms in total. The van der Waals surface area contributed by atoms with Crippen LogP contribution < -0.4 is 5.32 Å². The number of amides is 1. The minimum Gasteiger partial charge on any atom is -0.379 e. The van der Waals surface area contributed by atoms with Crippen LogP contribution in [0.2, 0.25) is 0 Å². The third-order valence-corrected chi connectivity index (χ3v) is 3.53. The van der Waals surface area contributed by atoms with Crippen LogP contribution in [0.15, 0.2) is 0 Å². The lowest BCUT2D eigenvalue weighted by Gasteiger charge is -2.07. The molecule has 0 fully saturated rings. The first-order valence-electron chi connectivity index (χ1n) is 9.59. The Bertz CT molecular complexity index is 413. The highest BCUT2D eigenvalue weighted by atomic mass is 16.5. The van der Waals surface area contributed by atoms with Crippen LogP contribution in [0.5, 0.6) is 0 Å². The van der Waals surface area contributed by atoms with Crippen molar-refractivity contribution in [3.63, 3.8) is 0 Å². The molecule has 0 aromatic heterocycles. The van der Waals surface area contributed by atoms with Crippen molar-refractivity contribution in [1.82, 2.24) is 5.32 Å². The number of hydrogen-bond donors (Lipinski definition) is 1. The van der Waals surface area contributed by atoms with Crippen molar-refractivity contribution in [3.8, 4) is 0 Å². The average molecular weight is 389 g/mol. The van der Waals surface area contributed by atoms with Gasteiger partial charge >= 0.3 is 0 Å². The van der Waals surface area contributed by atoms with Gasteiger partial charge in [0.15, 0.2) is 11.6 Å². The third kappa shape index (κ3) is 17.8. The van der Waals surface area contributed by atoms with Crippen LogP contribution in [-0.2, 0) is 33.3 Å². The molecule has 0 atom stereocenters. The fourth-order valence-electron chi connectivity index (χ4n) is 1.80. The van der Waals surface area contributed by atoms with Crippen LogP contribution in [-0.4, -0.2) is 76.9 Å². The SMILES string of the molecule is CCC(=O)NCCOCCOCC(=O)CCCOCCOCC(=O)C(C)C. The first kappa shape index (κ1) is 25.6. The maximum absolute atomic E-state index is 11.6. The largest absolute Gasteiger partial charge is 0.379 e. The van der Waals surface area contributed by atoms with E-state index in [1.165, 1.54) is 0 Å². The summed E-state index contributed by atoms with van der Waals surface area (Å²) >= 11 is 0. The van der Waals surface area contributed by atoms with E-state index in [9.17, 15) is 14.4 Å². The van der Waals surface area contributed by atoms with E-state index >= 15 is 0 Å². The molecule has 0 radical (unpaired) electrons. The first-order valence-corrected chi connectivity index (χ1v) is 9.59. The van der Waals surface area contributed by atoms with Crippen molar-refractivity contribution < 1.29 is 33.3 Å². The van der Waals surface area contributed by atoms with Crippen molar-refractivity contribution in [3.05, 3.63) is 0 Å². The zero-order chi connectivity index (χ0) is 20.3. The number of carbonyl (C=O) groups is 3. The Morgan fingerprint density at radius 3 is 2.04 bits per heavy atom. The smallest absolute Gasteiger partial charge is 0.219 e. The van der Waals surface area contributed by atoms with Crippen LogP contribution in [0.25, 0.3) is 0 Å². The molecule has 1 amide bonds. The Kier molecular flexibility index (Phi) is 17.1. The van der Waals surface area contributed by atoms with Gasteiger partial charge in [-0.2, -0.15) is 0 Å². The summed E-state index contributed by atoms with van der Waals surface area (Å²) < 4.78 is 21.1. The quantitative estimate of drug-likeness (QED) is 0.331. The summed E-state index contributed by atoms with van der Waals surface area (Å²) in [4.78, 5) is 33.9. The fourth-order valence-corrected chi connectivity index (χ4v) is 1.80.